The molecule has 0 saturated carbocycles. The summed E-state index contributed by atoms with van der Waals surface area (Å²) in [5, 5.41) is 19.0. The summed E-state index contributed by atoms with van der Waals surface area (Å²) in [4.78, 5) is 46.0. The number of carbonyl (C=O) groups excluding carboxylic acids is 2. The Bertz CT molecular complexity index is 1250. The normalized spacial score (nSPS) is 14.8. The van der Waals surface area contributed by atoms with E-state index in [1.807, 2.05) is 36.5 Å². The molecular formula is C46H80NO11P. The third kappa shape index (κ3) is 40.3. The van der Waals surface area contributed by atoms with Crippen LogP contribution < -0.4 is 5.73 Å². The van der Waals surface area contributed by atoms with E-state index in [2.05, 4.69) is 36.6 Å². The Morgan fingerprint density at radius 3 is 1.78 bits per heavy atom. The number of phosphoric ester groups is 1. The lowest BCUT2D eigenvalue weighted by molar-refractivity contribution is -0.161. The fourth-order valence-corrected chi connectivity index (χ4v) is 6.50. The molecule has 0 aliphatic carbocycles. The summed E-state index contributed by atoms with van der Waals surface area (Å²) in [5.41, 5.74) is 5.33. The van der Waals surface area contributed by atoms with Crippen LogP contribution in [0.1, 0.15) is 174 Å². The van der Waals surface area contributed by atoms with Gasteiger partial charge in [0.05, 0.1) is 19.3 Å². The number of hydrogen-bond acceptors (Lipinski definition) is 10. The van der Waals surface area contributed by atoms with Gasteiger partial charge in [0.25, 0.3) is 0 Å². The maximum Gasteiger partial charge on any atom is 0.472 e. The van der Waals surface area contributed by atoms with Crippen LogP contribution in [-0.4, -0.2) is 71.1 Å². The van der Waals surface area contributed by atoms with Gasteiger partial charge in [-0.25, -0.2) is 4.57 Å². The second-order valence-electron chi connectivity index (χ2n) is 15.0. The van der Waals surface area contributed by atoms with Crippen LogP contribution in [0.2, 0.25) is 0 Å². The summed E-state index contributed by atoms with van der Waals surface area (Å²) in [5.74, 6) is -2.51. The molecule has 340 valence electrons. The molecule has 0 heterocycles. The summed E-state index contributed by atoms with van der Waals surface area (Å²) in [7, 11) is -4.75. The highest BCUT2D eigenvalue weighted by atomic mass is 31.2. The number of ether oxygens (including phenoxy) is 2. The van der Waals surface area contributed by atoms with Gasteiger partial charge < -0.3 is 30.3 Å². The number of nitrogens with two attached hydrogens (primary N) is 1. The molecule has 0 saturated heterocycles. The first-order valence-corrected chi connectivity index (χ1v) is 23.9. The van der Waals surface area contributed by atoms with Crippen molar-refractivity contribution in [2.75, 3.05) is 19.8 Å². The molecule has 5 N–H and O–H groups in total. The van der Waals surface area contributed by atoms with E-state index in [0.29, 0.717) is 32.1 Å². The first kappa shape index (κ1) is 56.1. The molecule has 0 radical (unpaired) electrons. The molecule has 13 heteroatoms. The molecule has 59 heavy (non-hydrogen) atoms. The number of carbonyl (C=O) groups is 3. The zero-order valence-electron chi connectivity index (χ0n) is 36.4. The van der Waals surface area contributed by atoms with Gasteiger partial charge in [-0.05, 0) is 70.6 Å². The van der Waals surface area contributed by atoms with Crippen LogP contribution in [-0.2, 0) is 37.5 Å². The number of allylic oxidation sites excluding steroid dienone is 8. The molecule has 0 fully saturated rings. The molecule has 0 amide bonds. The Kier molecular flexibility index (Phi) is 38.6. The van der Waals surface area contributed by atoms with E-state index in [9.17, 15) is 28.9 Å². The van der Waals surface area contributed by atoms with Crippen LogP contribution in [0.25, 0.3) is 0 Å². The number of carboxylic acids is 1. The molecule has 0 aromatic carbocycles. The molecule has 12 nitrogen and oxygen atoms in total. The SMILES string of the molecule is CCCCC/C=C\C=C/[C@@H](O)C/C=C\C/C=C/CCCC(=O)OC[C@H](COP(=O)(O)OC[C@H](N)C(=O)O)OC(=O)CCCCCCCCC/C=C\CCCCCCCC. The van der Waals surface area contributed by atoms with Crippen LogP contribution in [0.4, 0.5) is 0 Å². The molecule has 4 atom stereocenters. The molecule has 1 unspecified atom stereocenters. The largest absolute Gasteiger partial charge is 0.480 e. The third-order valence-corrected chi connectivity index (χ3v) is 10.3. The van der Waals surface area contributed by atoms with Gasteiger partial charge in [0, 0.05) is 12.8 Å². The van der Waals surface area contributed by atoms with Crippen molar-refractivity contribution < 1.29 is 52.6 Å². The number of esters is 2. The number of rotatable bonds is 41. The Hall–Kier alpha value is -2.86. The summed E-state index contributed by atoms with van der Waals surface area (Å²) in [6, 6.07) is -1.54. The number of unbranched alkanes of at least 4 members (excludes halogenated alkanes) is 17. The lowest BCUT2D eigenvalue weighted by Gasteiger charge is -2.20. The number of carboxylic acid groups (broad SMARTS) is 1. The minimum Gasteiger partial charge on any atom is -0.480 e. The van der Waals surface area contributed by atoms with Gasteiger partial charge in [-0.3, -0.25) is 23.4 Å². The first-order chi connectivity index (χ1) is 28.5. The average molecular weight is 854 g/mol. The fourth-order valence-electron chi connectivity index (χ4n) is 5.72. The summed E-state index contributed by atoms with van der Waals surface area (Å²) >= 11 is 0. The molecule has 0 rings (SSSR count). The molecule has 0 aromatic heterocycles. The van der Waals surface area contributed by atoms with Gasteiger partial charge in [-0.1, -0.05) is 152 Å². The second kappa shape index (κ2) is 40.5. The van der Waals surface area contributed by atoms with Crippen molar-refractivity contribution in [2.24, 2.45) is 5.73 Å². The second-order valence-corrected chi connectivity index (χ2v) is 16.5. The van der Waals surface area contributed by atoms with Crippen molar-refractivity contribution in [2.45, 2.75) is 193 Å². The average Bonchev–Trinajstić information content (AvgIpc) is 3.21. The lowest BCUT2D eigenvalue weighted by atomic mass is 10.1. The predicted molar refractivity (Wildman–Crippen MR) is 237 cm³/mol. The van der Waals surface area contributed by atoms with Gasteiger partial charge in [-0.2, -0.15) is 0 Å². The Morgan fingerprint density at radius 1 is 0.610 bits per heavy atom. The number of aliphatic hydroxyl groups excluding tert-OH is 1. The maximum atomic E-state index is 12.6. The zero-order valence-corrected chi connectivity index (χ0v) is 37.3. The van der Waals surface area contributed by atoms with Gasteiger partial charge in [-0.15, -0.1) is 0 Å². The van der Waals surface area contributed by atoms with E-state index in [4.69, 9.17) is 24.8 Å². The lowest BCUT2D eigenvalue weighted by Crippen LogP contribution is -2.34. The summed E-state index contributed by atoms with van der Waals surface area (Å²) in [6.07, 6.45) is 43.1. The first-order valence-electron chi connectivity index (χ1n) is 22.4. The highest BCUT2D eigenvalue weighted by Crippen LogP contribution is 2.43. The number of aliphatic carboxylic acids is 1. The highest BCUT2D eigenvalue weighted by Gasteiger charge is 2.28. The monoisotopic (exact) mass is 854 g/mol. The van der Waals surface area contributed by atoms with Crippen LogP contribution in [0.15, 0.2) is 60.8 Å². The van der Waals surface area contributed by atoms with Crippen molar-refractivity contribution in [1.82, 2.24) is 0 Å². The summed E-state index contributed by atoms with van der Waals surface area (Å²) < 4.78 is 32.6. The smallest absolute Gasteiger partial charge is 0.472 e. The predicted octanol–water partition coefficient (Wildman–Crippen LogP) is 10.9. The Labute approximate surface area is 356 Å². The Morgan fingerprint density at radius 2 is 1.12 bits per heavy atom. The Balaban J connectivity index is 4.50. The third-order valence-electron chi connectivity index (χ3n) is 9.32. The topological polar surface area (TPSA) is 192 Å². The molecule has 0 aromatic rings. The van der Waals surface area contributed by atoms with Gasteiger partial charge in [0.1, 0.15) is 12.6 Å². The number of aliphatic hydroxyl groups is 1. The minimum atomic E-state index is -4.75. The number of phosphoric acid groups is 1. The molecule has 0 spiro atoms. The van der Waals surface area contributed by atoms with E-state index in [0.717, 1.165) is 38.5 Å². The van der Waals surface area contributed by atoms with E-state index < -0.39 is 63.8 Å². The molecular weight excluding hydrogens is 773 g/mol. The van der Waals surface area contributed by atoms with E-state index in [1.165, 1.54) is 77.0 Å². The van der Waals surface area contributed by atoms with E-state index in [1.54, 1.807) is 6.08 Å². The van der Waals surface area contributed by atoms with Crippen molar-refractivity contribution in [3.63, 3.8) is 0 Å². The van der Waals surface area contributed by atoms with Crippen molar-refractivity contribution in [3.8, 4) is 0 Å². The van der Waals surface area contributed by atoms with Crippen molar-refractivity contribution in [3.05, 3.63) is 60.8 Å². The van der Waals surface area contributed by atoms with Crippen LogP contribution in [0.3, 0.4) is 0 Å². The van der Waals surface area contributed by atoms with E-state index in [-0.39, 0.29) is 12.8 Å². The van der Waals surface area contributed by atoms with Crippen LogP contribution in [0.5, 0.6) is 0 Å². The van der Waals surface area contributed by atoms with Crippen LogP contribution >= 0.6 is 7.82 Å². The quantitative estimate of drug-likeness (QED) is 0.0150. The van der Waals surface area contributed by atoms with Gasteiger partial charge >= 0.3 is 25.7 Å². The standard InChI is InChI=1S/C46H80NO11P/c1-3-5-7-9-11-12-13-14-15-16-17-18-19-20-24-29-33-37-45(50)58-42(39-56-59(53,54)57-40-43(47)46(51)52)38-55-44(49)36-32-28-25-21-23-27-31-35-41(48)34-30-26-22-10-8-6-4-2/h14-15,21-22,25-27,30-31,34,41-43,48H,3-13,16-20,23-24,28-29,32-33,35-40,47H2,1-2H3,(H,51,52)(H,53,54)/b15-14-,25-21+,26-22-,31-27-,34-30-/t41-,42-,43+/m1/s1. The van der Waals surface area contributed by atoms with Gasteiger partial charge in [0.2, 0.25) is 0 Å². The maximum absolute atomic E-state index is 12.6. The number of hydrogen-bond donors (Lipinski definition) is 4. The molecule has 0 aliphatic heterocycles. The molecule has 0 aliphatic rings. The zero-order chi connectivity index (χ0) is 43.7. The van der Waals surface area contributed by atoms with Crippen molar-refractivity contribution >= 4 is 25.7 Å². The fraction of sp³-hybridized carbons (Fsp3) is 0.717. The van der Waals surface area contributed by atoms with Crippen LogP contribution in [0, 0.1) is 0 Å². The highest BCUT2D eigenvalue weighted by molar-refractivity contribution is 7.47. The minimum absolute atomic E-state index is 0.109. The van der Waals surface area contributed by atoms with Gasteiger partial charge in [0.15, 0.2) is 6.10 Å². The van der Waals surface area contributed by atoms with E-state index >= 15 is 0 Å². The molecule has 0 bridgehead atoms. The van der Waals surface area contributed by atoms with Crippen molar-refractivity contribution in [1.29, 1.82) is 0 Å². The summed E-state index contributed by atoms with van der Waals surface area (Å²) in [6.45, 7) is 2.62.